The van der Waals surface area contributed by atoms with E-state index in [0.717, 1.165) is 5.75 Å². The molecule has 0 aliphatic rings. The first-order valence-electron chi connectivity index (χ1n) is 2.43. The molecule has 1 aromatic rings. The average Bonchev–Trinajstić information content (AvgIpc) is 1.90. The van der Waals surface area contributed by atoms with Crippen LogP contribution >= 0.6 is 0 Å². The number of rotatable bonds is 1. The van der Waals surface area contributed by atoms with Crippen molar-refractivity contribution in [3.05, 3.63) is 30.3 Å². The van der Waals surface area contributed by atoms with Crippen molar-refractivity contribution in [3.63, 3.8) is 0 Å². The third-order valence-corrected chi connectivity index (χ3v) is 0.923. The Morgan fingerprint density at radius 1 is 1.50 bits per heavy atom. The Morgan fingerprint density at radius 3 is 2.50 bits per heavy atom. The van der Waals surface area contributed by atoms with Crippen molar-refractivity contribution >= 4 is 0 Å². The van der Waals surface area contributed by atoms with Crippen LogP contribution in [0.15, 0.2) is 24.3 Å². The van der Waals surface area contributed by atoms with E-state index >= 15 is 0 Å². The van der Waals surface area contributed by atoms with Gasteiger partial charge in [-0.15, -0.1) is 0 Å². The molecule has 1 nitrogen and oxygen atoms in total. The van der Waals surface area contributed by atoms with E-state index < -0.39 is 0 Å². The summed E-state index contributed by atoms with van der Waals surface area (Å²) in [5, 5.41) is 0. The van der Waals surface area contributed by atoms with Gasteiger partial charge in [0.15, 0.2) is 0 Å². The Morgan fingerprint density at radius 2 is 2.12 bits per heavy atom. The molecule has 0 saturated carbocycles. The monoisotopic (exact) mass is 109 g/mol. The number of hydrogen-bond acceptors (Lipinski definition) is 1. The summed E-state index contributed by atoms with van der Waals surface area (Å²) in [5.41, 5.74) is 0. The van der Waals surface area contributed by atoms with Gasteiger partial charge in [0.2, 0.25) is 0 Å². The van der Waals surface area contributed by atoms with Gasteiger partial charge >= 0.3 is 2.85 Å². The molecule has 0 aromatic heterocycles. The molecule has 0 amide bonds. The van der Waals surface area contributed by atoms with Gasteiger partial charge in [-0.05, 0) is 18.2 Å². The van der Waals surface area contributed by atoms with Gasteiger partial charge in [-0.3, -0.25) is 0 Å². The van der Waals surface area contributed by atoms with Crippen LogP contribution in [-0.4, -0.2) is 7.11 Å². The molecule has 0 bridgehead atoms. The van der Waals surface area contributed by atoms with Crippen LogP contribution in [0.1, 0.15) is 2.85 Å². The molecule has 0 atom stereocenters. The van der Waals surface area contributed by atoms with Crippen molar-refractivity contribution < 1.29 is 7.59 Å². The maximum Gasteiger partial charge on any atom is 1.00 e. The third-order valence-electron chi connectivity index (χ3n) is 0.923. The first-order valence-corrected chi connectivity index (χ1v) is 2.43. The molecule has 0 aliphatic carbocycles. The summed E-state index contributed by atoms with van der Waals surface area (Å²) < 4.78 is 4.89. The second kappa shape index (κ2) is 2.36. The minimum absolute atomic E-state index is 0. The molecule has 41 valence electrons. The quantitative estimate of drug-likeness (QED) is 0.533. The van der Waals surface area contributed by atoms with Crippen molar-refractivity contribution in [3.8, 4) is 5.75 Å². The molecule has 0 saturated heterocycles. The molecule has 0 N–H and O–H groups in total. The van der Waals surface area contributed by atoms with Crippen molar-refractivity contribution in [2.24, 2.45) is 0 Å². The molecular weight excluding hydrogens is 100 g/mol. The lowest BCUT2D eigenvalue weighted by Gasteiger charge is -1.93. The van der Waals surface area contributed by atoms with E-state index in [1.54, 1.807) is 7.11 Å². The molecule has 1 rings (SSSR count). The fourth-order valence-electron chi connectivity index (χ4n) is 0.508. The van der Waals surface area contributed by atoms with E-state index in [9.17, 15) is 0 Å². The highest BCUT2D eigenvalue weighted by atomic mass is 16.5. The van der Waals surface area contributed by atoms with Crippen LogP contribution in [0.3, 0.4) is 0 Å². The van der Waals surface area contributed by atoms with E-state index in [1.807, 2.05) is 24.3 Å². The van der Waals surface area contributed by atoms with Crippen LogP contribution in [0, 0.1) is 6.07 Å². The Balaban J connectivity index is 0. The van der Waals surface area contributed by atoms with Gasteiger partial charge in [-0.2, -0.15) is 0 Å². The van der Waals surface area contributed by atoms with E-state index in [1.165, 1.54) is 0 Å². The van der Waals surface area contributed by atoms with Crippen LogP contribution in [-0.2, 0) is 0 Å². The Labute approximate surface area is 51.9 Å². The zero-order valence-corrected chi connectivity index (χ0v) is 4.72. The molecule has 0 unspecified atom stereocenters. The molecule has 8 heavy (non-hydrogen) atoms. The molecule has 1 radical (unpaired) electrons. The maximum absolute atomic E-state index is 4.89. The largest absolute Gasteiger partial charge is 1.00 e. The average molecular weight is 109 g/mol. The first kappa shape index (κ1) is 5.16. The lowest BCUT2D eigenvalue weighted by Crippen LogP contribution is -1.78. The second-order valence-electron chi connectivity index (χ2n) is 1.44. The van der Waals surface area contributed by atoms with Crippen LogP contribution in [0.5, 0.6) is 5.75 Å². The predicted molar refractivity (Wildman–Crippen MR) is 34.1 cm³/mol. The van der Waals surface area contributed by atoms with Crippen LogP contribution in [0.2, 0.25) is 0 Å². The van der Waals surface area contributed by atoms with Crippen LogP contribution in [0.25, 0.3) is 0 Å². The highest BCUT2D eigenvalue weighted by Gasteiger charge is 1.80. The summed E-state index contributed by atoms with van der Waals surface area (Å²) in [5.74, 6) is 0.878. The van der Waals surface area contributed by atoms with Gasteiger partial charge in [0, 0.05) is 0 Å². The van der Waals surface area contributed by atoms with Crippen LogP contribution < -0.4 is 4.74 Å². The molecule has 1 aromatic carbocycles. The van der Waals surface area contributed by atoms with E-state index in [2.05, 4.69) is 6.07 Å². The number of ether oxygens (including phenoxy) is 1. The summed E-state index contributed by atoms with van der Waals surface area (Å²) in [7, 11) is 1.65. The Kier molecular flexibility index (Phi) is 1.52. The number of benzene rings is 1. The van der Waals surface area contributed by atoms with E-state index in [0.29, 0.717) is 0 Å². The summed E-state index contributed by atoms with van der Waals surface area (Å²) in [6.07, 6.45) is 0. The molecular formula is C7H9O+2. The fraction of sp³-hybridized carbons (Fsp3) is 0.143. The normalized spacial score (nSPS) is 8.62. The van der Waals surface area contributed by atoms with E-state index in [4.69, 9.17) is 4.74 Å². The highest BCUT2D eigenvalue weighted by molar-refractivity contribution is 5.19. The molecule has 0 spiro atoms. The molecule has 0 heterocycles. The predicted octanol–water partition coefficient (Wildman–Crippen LogP) is 1.72. The summed E-state index contributed by atoms with van der Waals surface area (Å²) in [6.45, 7) is 0. The Hall–Kier alpha value is -0.980. The lowest BCUT2D eigenvalue weighted by atomic mass is 10.3. The van der Waals surface area contributed by atoms with Gasteiger partial charge < -0.3 is 4.74 Å². The lowest BCUT2D eigenvalue weighted by molar-refractivity contribution is 0.415. The van der Waals surface area contributed by atoms with Gasteiger partial charge in [0.1, 0.15) is 5.75 Å². The van der Waals surface area contributed by atoms with Gasteiger partial charge in [-0.25, -0.2) is 0 Å². The highest BCUT2D eigenvalue weighted by Crippen LogP contribution is 2.05. The third kappa shape index (κ3) is 0.997. The van der Waals surface area contributed by atoms with Gasteiger partial charge in [-0.1, -0.05) is 12.1 Å². The van der Waals surface area contributed by atoms with Crippen molar-refractivity contribution in [2.45, 2.75) is 0 Å². The van der Waals surface area contributed by atoms with Crippen molar-refractivity contribution in [1.29, 1.82) is 0 Å². The molecule has 1 heteroatoms. The van der Waals surface area contributed by atoms with E-state index in [-0.39, 0.29) is 2.85 Å². The maximum atomic E-state index is 4.89. The zero-order valence-electron chi connectivity index (χ0n) is 6.72. The van der Waals surface area contributed by atoms with Gasteiger partial charge in [0.05, 0.1) is 7.11 Å². The summed E-state index contributed by atoms with van der Waals surface area (Å²) in [4.78, 5) is 0. The smallest absolute Gasteiger partial charge is 0.497 e. The number of methoxy groups -OCH3 is 1. The first-order chi connectivity index (χ1) is 3.93. The number of hydrogen-bond donors (Lipinski definition) is 0. The standard InChI is InChI=1S/C7H7O/c1-8-7-5-3-2-4-6-7/h3-6H,1H3/p+2. The topological polar surface area (TPSA) is 9.23 Å². The van der Waals surface area contributed by atoms with Crippen molar-refractivity contribution in [2.75, 3.05) is 7.11 Å². The molecule has 0 aliphatic heterocycles. The molecule has 0 fully saturated rings. The second-order valence-corrected chi connectivity index (χ2v) is 1.44. The SMILES string of the molecule is COc1cc[c]cc1.[H+].[H+]. The zero-order chi connectivity index (χ0) is 5.82. The van der Waals surface area contributed by atoms with Crippen molar-refractivity contribution in [1.82, 2.24) is 0 Å². The Bertz CT molecular complexity index is 153. The minimum Gasteiger partial charge on any atom is -0.497 e. The summed E-state index contributed by atoms with van der Waals surface area (Å²) >= 11 is 0. The van der Waals surface area contributed by atoms with Crippen LogP contribution in [0.4, 0.5) is 0 Å². The minimum atomic E-state index is 0. The fourth-order valence-corrected chi connectivity index (χ4v) is 0.508. The summed E-state index contributed by atoms with van der Waals surface area (Å²) in [6, 6.07) is 10.2. The van der Waals surface area contributed by atoms with Gasteiger partial charge in [0.25, 0.3) is 0 Å².